The second-order valence-electron chi connectivity index (χ2n) is 5.86. The Balaban J connectivity index is 1.64. The van der Waals surface area contributed by atoms with Crippen LogP contribution in [0.25, 0.3) is 10.8 Å². The Morgan fingerprint density at radius 1 is 1.08 bits per heavy atom. The Hall–Kier alpha value is -2.72. The molecular formula is C20H20FN2O+. The highest BCUT2D eigenvalue weighted by atomic mass is 19.1. The number of hydrogen-bond donors (Lipinski definition) is 2. The van der Waals surface area contributed by atoms with Crippen molar-refractivity contribution in [2.24, 2.45) is 0 Å². The molecule has 3 rings (SSSR count). The lowest BCUT2D eigenvalue weighted by atomic mass is 10.00. The number of nitrogens with one attached hydrogen (secondary N) is 1. The summed E-state index contributed by atoms with van der Waals surface area (Å²) >= 11 is 0. The van der Waals surface area contributed by atoms with Gasteiger partial charge in [0.05, 0.1) is 0 Å². The molecule has 0 saturated carbocycles. The number of quaternary nitrogens is 1. The van der Waals surface area contributed by atoms with Gasteiger partial charge in [0.2, 0.25) is 0 Å². The molecule has 3 aromatic carbocycles. The normalized spacial score (nSPS) is 12.1. The number of carbonyl (C=O) groups is 1. The van der Waals surface area contributed by atoms with Crippen LogP contribution in [0.5, 0.6) is 0 Å². The molecule has 0 spiro atoms. The highest BCUT2D eigenvalue weighted by Gasteiger charge is 2.14. The van der Waals surface area contributed by atoms with E-state index in [-0.39, 0.29) is 24.3 Å². The van der Waals surface area contributed by atoms with Gasteiger partial charge < -0.3 is 10.6 Å². The Morgan fingerprint density at radius 2 is 1.83 bits per heavy atom. The van der Waals surface area contributed by atoms with E-state index in [1.807, 2.05) is 23.5 Å². The molecule has 0 aliphatic carbocycles. The van der Waals surface area contributed by atoms with E-state index in [0.29, 0.717) is 5.69 Å². The predicted octanol–water partition coefficient (Wildman–Crippen LogP) is 3.24. The molecule has 3 aromatic rings. The smallest absolute Gasteiger partial charge is 0.279 e. The van der Waals surface area contributed by atoms with Gasteiger partial charge in [-0.15, -0.1) is 0 Å². The number of fused-ring (bicyclic) bond motifs is 1. The summed E-state index contributed by atoms with van der Waals surface area (Å²) in [6, 6.07) is 20.5. The Morgan fingerprint density at radius 3 is 2.67 bits per heavy atom. The largest absolute Gasteiger partial charge is 0.332 e. The number of anilines is 1. The summed E-state index contributed by atoms with van der Waals surface area (Å²) in [7, 11) is 0. The quantitative estimate of drug-likeness (QED) is 0.744. The molecule has 0 aliphatic rings. The van der Waals surface area contributed by atoms with Gasteiger partial charge in [0, 0.05) is 11.3 Å². The van der Waals surface area contributed by atoms with E-state index in [4.69, 9.17) is 0 Å². The fourth-order valence-corrected chi connectivity index (χ4v) is 2.84. The molecule has 24 heavy (non-hydrogen) atoms. The molecule has 0 unspecified atom stereocenters. The van der Waals surface area contributed by atoms with Crippen molar-refractivity contribution < 1.29 is 14.5 Å². The summed E-state index contributed by atoms with van der Waals surface area (Å²) < 4.78 is 13.1. The summed E-state index contributed by atoms with van der Waals surface area (Å²) in [6.45, 7) is 2.36. The summed E-state index contributed by atoms with van der Waals surface area (Å²) in [5, 5.41) is 7.10. The second kappa shape index (κ2) is 7.23. The van der Waals surface area contributed by atoms with Gasteiger partial charge in [-0.3, -0.25) is 4.79 Å². The second-order valence-corrected chi connectivity index (χ2v) is 5.86. The first-order valence-corrected chi connectivity index (χ1v) is 8.00. The van der Waals surface area contributed by atoms with Crippen LogP contribution in [0.3, 0.4) is 0 Å². The van der Waals surface area contributed by atoms with E-state index >= 15 is 0 Å². The molecule has 0 saturated heterocycles. The van der Waals surface area contributed by atoms with Gasteiger partial charge in [-0.05, 0) is 35.9 Å². The van der Waals surface area contributed by atoms with E-state index in [1.54, 1.807) is 12.1 Å². The standard InChI is InChI=1S/C20H19FN2O/c1-14(18-11-4-7-15-6-2-3-10-19(15)18)22-13-20(24)23-17-9-5-8-16(21)12-17/h2-12,14,22H,13H2,1H3,(H,23,24)/p+1/t14-/m0/s1. The molecule has 0 radical (unpaired) electrons. The van der Waals surface area contributed by atoms with Crippen molar-refractivity contribution in [2.45, 2.75) is 13.0 Å². The molecule has 0 aromatic heterocycles. The van der Waals surface area contributed by atoms with E-state index < -0.39 is 0 Å². The highest BCUT2D eigenvalue weighted by Crippen LogP contribution is 2.22. The number of rotatable bonds is 5. The maximum Gasteiger partial charge on any atom is 0.279 e. The maximum absolute atomic E-state index is 13.1. The molecule has 122 valence electrons. The molecule has 1 amide bonds. The lowest BCUT2D eigenvalue weighted by Crippen LogP contribution is -2.86. The van der Waals surface area contributed by atoms with Crippen molar-refractivity contribution in [3.63, 3.8) is 0 Å². The molecule has 1 atom stereocenters. The average Bonchev–Trinajstić information content (AvgIpc) is 2.59. The summed E-state index contributed by atoms with van der Waals surface area (Å²) in [6.07, 6.45) is 0. The summed E-state index contributed by atoms with van der Waals surface area (Å²) in [5.41, 5.74) is 1.68. The number of hydrogen-bond acceptors (Lipinski definition) is 1. The first kappa shape index (κ1) is 16.1. The number of carbonyl (C=O) groups excluding carboxylic acids is 1. The van der Waals surface area contributed by atoms with Crippen LogP contribution in [-0.2, 0) is 4.79 Å². The topological polar surface area (TPSA) is 45.7 Å². The molecule has 3 nitrogen and oxygen atoms in total. The third kappa shape index (κ3) is 3.78. The molecule has 0 fully saturated rings. The molecule has 3 N–H and O–H groups in total. The lowest BCUT2D eigenvalue weighted by Gasteiger charge is -2.13. The number of nitrogens with two attached hydrogens (primary N) is 1. The van der Waals surface area contributed by atoms with Crippen LogP contribution in [0.1, 0.15) is 18.5 Å². The fraction of sp³-hybridized carbons (Fsp3) is 0.150. The number of amides is 1. The average molecular weight is 323 g/mol. The van der Waals surface area contributed by atoms with Gasteiger partial charge in [0.15, 0.2) is 6.54 Å². The summed E-state index contributed by atoms with van der Waals surface area (Å²) in [4.78, 5) is 12.1. The summed E-state index contributed by atoms with van der Waals surface area (Å²) in [5.74, 6) is -0.506. The molecular weight excluding hydrogens is 303 g/mol. The van der Waals surface area contributed by atoms with Crippen LogP contribution in [0.15, 0.2) is 66.7 Å². The van der Waals surface area contributed by atoms with Crippen molar-refractivity contribution in [1.29, 1.82) is 0 Å². The molecule has 0 bridgehead atoms. The first-order chi connectivity index (χ1) is 11.6. The zero-order chi connectivity index (χ0) is 16.9. The highest BCUT2D eigenvalue weighted by molar-refractivity contribution is 5.91. The van der Waals surface area contributed by atoms with Crippen molar-refractivity contribution in [1.82, 2.24) is 0 Å². The minimum atomic E-state index is -0.360. The van der Waals surface area contributed by atoms with Crippen molar-refractivity contribution >= 4 is 22.4 Å². The van der Waals surface area contributed by atoms with E-state index in [0.717, 1.165) is 0 Å². The van der Waals surface area contributed by atoms with Gasteiger partial charge in [-0.25, -0.2) is 4.39 Å². The monoisotopic (exact) mass is 323 g/mol. The van der Waals surface area contributed by atoms with Crippen LogP contribution in [0.2, 0.25) is 0 Å². The Labute approximate surface area is 140 Å². The van der Waals surface area contributed by atoms with Gasteiger partial charge in [0.1, 0.15) is 11.9 Å². The van der Waals surface area contributed by atoms with E-state index in [2.05, 4.69) is 36.5 Å². The third-order valence-electron chi connectivity index (χ3n) is 4.08. The SMILES string of the molecule is C[C@H]([NH2+]CC(=O)Nc1cccc(F)c1)c1cccc2ccccc12. The minimum absolute atomic E-state index is 0.146. The van der Waals surface area contributed by atoms with Gasteiger partial charge in [-0.2, -0.15) is 0 Å². The maximum atomic E-state index is 13.1. The van der Waals surface area contributed by atoms with E-state index in [9.17, 15) is 9.18 Å². The minimum Gasteiger partial charge on any atom is -0.332 e. The van der Waals surface area contributed by atoms with Crippen LogP contribution in [-0.4, -0.2) is 12.5 Å². The van der Waals surface area contributed by atoms with Gasteiger partial charge in [-0.1, -0.05) is 48.5 Å². The van der Waals surface area contributed by atoms with Crippen LogP contribution in [0.4, 0.5) is 10.1 Å². The van der Waals surface area contributed by atoms with Crippen molar-refractivity contribution in [3.05, 3.63) is 78.1 Å². The van der Waals surface area contributed by atoms with Crippen LogP contribution >= 0.6 is 0 Å². The van der Waals surface area contributed by atoms with Crippen molar-refractivity contribution in [2.75, 3.05) is 11.9 Å². The number of halogens is 1. The molecule has 0 aliphatic heterocycles. The van der Waals surface area contributed by atoms with Crippen molar-refractivity contribution in [3.8, 4) is 0 Å². The number of benzene rings is 3. The van der Waals surface area contributed by atoms with Gasteiger partial charge in [0.25, 0.3) is 5.91 Å². The third-order valence-corrected chi connectivity index (χ3v) is 4.08. The zero-order valence-electron chi connectivity index (χ0n) is 13.5. The fourth-order valence-electron chi connectivity index (χ4n) is 2.84. The predicted molar refractivity (Wildman–Crippen MR) is 94.2 cm³/mol. The lowest BCUT2D eigenvalue weighted by molar-refractivity contribution is -0.682. The first-order valence-electron chi connectivity index (χ1n) is 8.00. The Kier molecular flexibility index (Phi) is 4.87. The zero-order valence-corrected chi connectivity index (χ0v) is 13.5. The Bertz CT molecular complexity index is 858. The van der Waals surface area contributed by atoms with Gasteiger partial charge >= 0.3 is 0 Å². The van der Waals surface area contributed by atoms with Crippen LogP contribution in [0, 0.1) is 5.82 Å². The van der Waals surface area contributed by atoms with E-state index in [1.165, 1.54) is 28.5 Å². The van der Waals surface area contributed by atoms with Crippen LogP contribution < -0.4 is 10.6 Å². The molecule has 4 heteroatoms. The molecule has 0 heterocycles.